The van der Waals surface area contributed by atoms with Crippen LogP contribution in [-0.2, 0) is 19.1 Å². The number of halogens is 6. The van der Waals surface area contributed by atoms with Gasteiger partial charge in [0.1, 0.15) is 11.8 Å². The number of ether oxygens (including phenoxy) is 1. The molecule has 0 spiro atoms. The van der Waals surface area contributed by atoms with Gasteiger partial charge in [-0.15, -0.1) is 0 Å². The van der Waals surface area contributed by atoms with Gasteiger partial charge in [-0.3, -0.25) is 19.3 Å². The van der Waals surface area contributed by atoms with E-state index in [1.54, 1.807) is 0 Å². The molecule has 1 N–H and O–H groups in total. The van der Waals surface area contributed by atoms with Crippen molar-refractivity contribution in [3.63, 3.8) is 0 Å². The third-order valence-electron chi connectivity index (χ3n) is 3.62. The van der Waals surface area contributed by atoms with E-state index in [1.165, 1.54) is 13.2 Å². The van der Waals surface area contributed by atoms with Gasteiger partial charge in [0.2, 0.25) is 5.91 Å². The normalized spacial score (nSPS) is 15.3. The van der Waals surface area contributed by atoms with Crippen molar-refractivity contribution in [2.24, 2.45) is 0 Å². The van der Waals surface area contributed by atoms with Crippen molar-refractivity contribution in [3.05, 3.63) is 11.8 Å². The van der Waals surface area contributed by atoms with E-state index in [0.717, 1.165) is 4.90 Å². The SMILES string of the molecule is CCC(Cl)(Cl)Cl.CCCC(=O)NC(CCC(Cl)(Cl)Cl)C(=O)N1CC(OC)=CC1=O. The molecule has 0 aromatic heterocycles. The maximum atomic E-state index is 12.5. The monoisotopic (exact) mass is 530 g/mol. The van der Waals surface area contributed by atoms with E-state index in [4.69, 9.17) is 74.3 Å². The molecule has 0 saturated heterocycles. The molecule has 168 valence electrons. The molecular formula is C17H24Cl6N2O4. The molecule has 12 heteroatoms. The van der Waals surface area contributed by atoms with Gasteiger partial charge in [-0.2, -0.15) is 0 Å². The van der Waals surface area contributed by atoms with E-state index < -0.39 is 25.4 Å². The molecule has 0 aromatic carbocycles. The van der Waals surface area contributed by atoms with Crippen molar-refractivity contribution >= 4 is 87.3 Å². The fraction of sp³-hybridized carbons (Fsp3) is 0.706. The number of nitrogens with one attached hydrogen (secondary N) is 1. The van der Waals surface area contributed by atoms with Gasteiger partial charge in [0.05, 0.1) is 13.7 Å². The number of rotatable bonds is 7. The Bertz CT molecular complexity index is 602. The summed E-state index contributed by atoms with van der Waals surface area (Å²) >= 11 is 32.9. The van der Waals surface area contributed by atoms with E-state index in [2.05, 4.69) is 5.32 Å². The summed E-state index contributed by atoms with van der Waals surface area (Å²) in [6.07, 6.45) is 2.88. The molecule has 0 bridgehead atoms. The second-order valence-electron chi connectivity index (χ2n) is 6.07. The number of hydrogen-bond donors (Lipinski definition) is 1. The molecule has 0 fully saturated rings. The summed E-state index contributed by atoms with van der Waals surface area (Å²) in [7, 11) is 1.41. The zero-order chi connectivity index (χ0) is 22.8. The van der Waals surface area contributed by atoms with Crippen LogP contribution >= 0.6 is 69.6 Å². The quantitative estimate of drug-likeness (QED) is 0.463. The van der Waals surface area contributed by atoms with Crippen LogP contribution in [0.3, 0.4) is 0 Å². The highest BCUT2D eigenvalue weighted by atomic mass is 35.6. The molecule has 1 rings (SSSR count). The predicted octanol–water partition coefficient (Wildman–Crippen LogP) is 5.09. The van der Waals surface area contributed by atoms with E-state index in [1.807, 2.05) is 13.8 Å². The first-order valence-corrected chi connectivity index (χ1v) is 11.0. The minimum Gasteiger partial charge on any atom is -0.499 e. The molecule has 6 nitrogen and oxygen atoms in total. The van der Waals surface area contributed by atoms with Gasteiger partial charge in [-0.05, 0) is 25.7 Å². The highest BCUT2D eigenvalue weighted by Gasteiger charge is 2.35. The highest BCUT2D eigenvalue weighted by molar-refractivity contribution is 6.67. The zero-order valence-electron chi connectivity index (χ0n) is 16.2. The third-order valence-corrected chi connectivity index (χ3v) is 4.99. The van der Waals surface area contributed by atoms with Gasteiger partial charge in [0.15, 0.2) is 7.59 Å². The van der Waals surface area contributed by atoms with Crippen LogP contribution in [0, 0.1) is 0 Å². The molecule has 0 aromatic rings. The second-order valence-corrected chi connectivity index (χ2v) is 11.1. The Morgan fingerprint density at radius 3 is 2.10 bits per heavy atom. The van der Waals surface area contributed by atoms with Crippen LogP contribution in [0.15, 0.2) is 11.8 Å². The lowest BCUT2D eigenvalue weighted by Crippen LogP contribution is -2.49. The topological polar surface area (TPSA) is 75.7 Å². The largest absolute Gasteiger partial charge is 0.499 e. The Morgan fingerprint density at radius 1 is 1.17 bits per heavy atom. The van der Waals surface area contributed by atoms with E-state index in [9.17, 15) is 14.4 Å². The molecular weight excluding hydrogens is 509 g/mol. The fourth-order valence-corrected chi connectivity index (χ4v) is 2.38. The van der Waals surface area contributed by atoms with Crippen LogP contribution in [0.1, 0.15) is 46.0 Å². The van der Waals surface area contributed by atoms with Gasteiger partial charge in [-0.25, -0.2) is 0 Å². The Morgan fingerprint density at radius 2 is 1.72 bits per heavy atom. The summed E-state index contributed by atoms with van der Waals surface area (Å²) < 4.78 is 2.39. The van der Waals surface area contributed by atoms with Crippen molar-refractivity contribution in [2.45, 2.75) is 59.6 Å². The van der Waals surface area contributed by atoms with Gasteiger partial charge < -0.3 is 10.1 Å². The maximum Gasteiger partial charge on any atom is 0.257 e. The minimum absolute atomic E-state index is 0.0298. The number of carbonyl (C=O) groups is 3. The Labute approximate surface area is 201 Å². The second kappa shape index (κ2) is 13.3. The molecule has 1 heterocycles. The summed E-state index contributed by atoms with van der Waals surface area (Å²) in [5.74, 6) is -0.947. The standard InChI is InChI=1S/C14H19Cl3N2O4.C3H5Cl3/c1-3-4-11(20)18-10(5-6-14(15,16)17)13(22)19-8-9(23-2)7-12(19)21;1-2-3(4,5)6/h7,10H,3-6,8H2,1-2H3,(H,18,20);2H2,1H3. The lowest BCUT2D eigenvalue weighted by Gasteiger charge is -2.24. The minimum atomic E-state index is -1.54. The fourth-order valence-electron chi connectivity index (χ4n) is 2.05. The number of nitrogens with zero attached hydrogens (tertiary/aromatic N) is 1. The van der Waals surface area contributed by atoms with Gasteiger partial charge >= 0.3 is 0 Å². The third kappa shape index (κ3) is 13.0. The Balaban J connectivity index is 0.00000113. The first-order chi connectivity index (χ1) is 13.2. The summed E-state index contributed by atoms with van der Waals surface area (Å²) in [4.78, 5) is 37.2. The van der Waals surface area contributed by atoms with Crippen LogP contribution < -0.4 is 5.32 Å². The number of imide groups is 1. The Kier molecular flexibility index (Phi) is 13.3. The number of alkyl halides is 6. The van der Waals surface area contributed by atoms with Crippen LogP contribution in [0.25, 0.3) is 0 Å². The average molecular weight is 533 g/mol. The van der Waals surface area contributed by atoms with Crippen molar-refractivity contribution in [1.29, 1.82) is 0 Å². The van der Waals surface area contributed by atoms with Gasteiger partial charge in [0.25, 0.3) is 11.8 Å². The first-order valence-electron chi connectivity index (χ1n) is 8.76. The van der Waals surface area contributed by atoms with Crippen LogP contribution in [0.4, 0.5) is 0 Å². The number of amides is 3. The predicted molar refractivity (Wildman–Crippen MR) is 119 cm³/mol. The average Bonchev–Trinajstić information content (AvgIpc) is 2.98. The van der Waals surface area contributed by atoms with Crippen LogP contribution in [0.2, 0.25) is 0 Å². The molecule has 29 heavy (non-hydrogen) atoms. The van der Waals surface area contributed by atoms with E-state index >= 15 is 0 Å². The smallest absolute Gasteiger partial charge is 0.257 e. The van der Waals surface area contributed by atoms with Crippen LogP contribution in [-0.4, -0.2) is 49.9 Å². The molecule has 3 amide bonds. The van der Waals surface area contributed by atoms with Gasteiger partial charge in [-0.1, -0.05) is 83.5 Å². The highest BCUT2D eigenvalue weighted by Crippen LogP contribution is 2.32. The molecule has 0 aliphatic carbocycles. The lowest BCUT2D eigenvalue weighted by atomic mass is 10.1. The summed E-state index contributed by atoms with van der Waals surface area (Å²) in [5, 5.41) is 2.60. The van der Waals surface area contributed by atoms with E-state index in [0.29, 0.717) is 18.6 Å². The number of methoxy groups -OCH3 is 1. The summed E-state index contributed by atoms with van der Waals surface area (Å²) in [5.41, 5.74) is 0. The molecule has 0 radical (unpaired) electrons. The zero-order valence-corrected chi connectivity index (χ0v) is 20.8. The molecule has 1 atom stereocenters. The first kappa shape index (κ1) is 28.9. The Hall–Kier alpha value is -0.110. The van der Waals surface area contributed by atoms with Gasteiger partial charge in [0, 0.05) is 12.5 Å². The van der Waals surface area contributed by atoms with Crippen molar-refractivity contribution in [3.8, 4) is 0 Å². The lowest BCUT2D eigenvalue weighted by molar-refractivity contribution is -0.143. The van der Waals surface area contributed by atoms with Crippen LogP contribution in [0.5, 0.6) is 0 Å². The molecule has 1 aliphatic rings. The van der Waals surface area contributed by atoms with E-state index in [-0.39, 0.29) is 31.7 Å². The van der Waals surface area contributed by atoms with Crippen molar-refractivity contribution in [1.82, 2.24) is 10.2 Å². The molecule has 1 unspecified atom stereocenters. The molecule has 0 saturated carbocycles. The maximum absolute atomic E-state index is 12.5. The summed E-state index contributed by atoms with van der Waals surface area (Å²) in [6, 6.07) is -0.932. The number of hydrogen-bond acceptors (Lipinski definition) is 4. The van der Waals surface area contributed by atoms with Crippen molar-refractivity contribution in [2.75, 3.05) is 13.7 Å². The summed E-state index contributed by atoms with van der Waals surface area (Å²) in [6.45, 7) is 3.69. The van der Waals surface area contributed by atoms with Crippen molar-refractivity contribution < 1.29 is 19.1 Å². The molecule has 1 aliphatic heterocycles. The number of carbonyl (C=O) groups excluding carboxylic acids is 3.